The van der Waals surface area contributed by atoms with Gasteiger partial charge in [-0.3, -0.25) is 9.89 Å². The van der Waals surface area contributed by atoms with E-state index in [2.05, 4.69) is 15.0 Å². The highest BCUT2D eigenvalue weighted by Crippen LogP contribution is 2.31. The minimum absolute atomic E-state index is 0.0562. The molecule has 2 aliphatic rings. The summed E-state index contributed by atoms with van der Waals surface area (Å²) in [6.07, 6.45) is 4.28. The number of hydrogen-bond acceptors (Lipinski definition) is 5. The Balaban J connectivity index is 1.23. The zero-order valence-electron chi connectivity index (χ0n) is 21.3. The van der Waals surface area contributed by atoms with E-state index in [1.807, 2.05) is 48.4 Å². The first-order chi connectivity index (χ1) is 18.3. The first kappa shape index (κ1) is 26.2. The van der Waals surface area contributed by atoms with E-state index in [9.17, 15) is 13.2 Å². The summed E-state index contributed by atoms with van der Waals surface area (Å²) in [5.41, 5.74) is 3.84. The van der Waals surface area contributed by atoms with Gasteiger partial charge in [0.15, 0.2) is 0 Å². The van der Waals surface area contributed by atoms with Crippen LogP contribution >= 0.6 is 0 Å². The Morgan fingerprint density at radius 2 is 1.89 bits per heavy atom. The molecule has 38 heavy (non-hydrogen) atoms. The second-order valence-corrected chi connectivity index (χ2v) is 9.72. The maximum atomic E-state index is 13.1. The third-order valence-corrected chi connectivity index (χ3v) is 6.92. The van der Waals surface area contributed by atoms with Crippen LogP contribution < -0.4 is 0 Å². The SMILES string of the molecule is Cc1ccc(Cc2cccc(C(F)(F)F)c2)cc1-n1cc(C2C=NC=C(OCCN3CCOCC3)C2)cn1. The molecule has 9 heteroatoms. The minimum atomic E-state index is -4.36. The number of aromatic nitrogens is 2. The molecule has 0 bridgehead atoms. The summed E-state index contributed by atoms with van der Waals surface area (Å²) < 4.78 is 52.6. The number of aliphatic imine (C=N–C) groups is 1. The Hall–Kier alpha value is -3.43. The van der Waals surface area contributed by atoms with Crippen molar-refractivity contribution in [3.05, 3.63) is 94.6 Å². The lowest BCUT2D eigenvalue weighted by atomic mass is 9.98. The molecular weight excluding hydrogens is 493 g/mol. The lowest BCUT2D eigenvalue weighted by Gasteiger charge is -2.27. The maximum Gasteiger partial charge on any atom is 0.416 e. The Kier molecular flexibility index (Phi) is 7.95. The molecule has 3 heterocycles. The molecule has 5 rings (SSSR count). The number of rotatable bonds is 8. The van der Waals surface area contributed by atoms with Crippen LogP contribution in [-0.2, 0) is 22.1 Å². The molecule has 3 aromatic rings. The van der Waals surface area contributed by atoms with Crippen molar-refractivity contribution < 1.29 is 22.6 Å². The fourth-order valence-electron chi connectivity index (χ4n) is 4.75. The quantitative estimate of drug-likeness (QED) is 0.388. The van der Waals surface area contributed by atoms with E-state index in [-0.39, 0.29) is 5.92 Å². The van der Waals surface area contributed by atoms with Gasteiger partial charge < -0.3 is 9.47 Å². The summed E-state index contributed by atoms with van der Waals surface area (Å²) in [4.78, 5) is 6.74. The molecule has 1 saturated heterocycles. The van der Waals surface area contributed by atoms with Crippen molar-refractivity contribution in [3.8, 4) is 5.69 Å². The van der Waals surface area contributed by atoms with E-state index in [0.29, 0.717) is 25.0 Å². The van der Waals surface area contributed by atoms with Gasteiger partial charge in [-0.25, -0.2) is 4.68 Å². The largest absolute Gasteiger partial charge is 0.495 e. The number of aryl methyl sites for hydroxylation is 1. The van der Waals surface area contributed by atoms with Crippen molar-refractivity contribution >= 4 is 6.21 Å². The smallest absolute Gasteiger partial charge is 0.416 e. The van der Waals surface area contributed by atoms with E-state index in [4.69, 9.17) is 9.47 Å². The zero-order valence-corrected chi connectivity index (χ0v) is 21.3. The van der Waals surface area contributed by atoms with Crippen LogP contribution in [0.3, 0.4) is 0 Å². The molecule has 0 aliphatic carbocycles. The summed E-state index contributed by atoms with van der Waals surface area (Å²) in [5.74, 6) is 0.915. The average Bonchev–Trinajstić information content (AvgIpc) is 3.41. The topological polar surface area (TPSA) is 51.9 Å². The molecule has 0 radical (unpaired) electrons. The van der Waals surface area contributed by atoms with E-state index < -0.39 is 11.7 Å². The molecule has 200 valence electrons. The molecule has 0 N–H and O–H groups in total. The van der Waals surface area contributed by atoms with Gasteiger partial charge in [0.2, 0.25) is 0 Å². The predicted molar refractivity (Wildman–Crippen MR) is 140 cm³/mol. The van der Waals surface area contributed by atoms with E-state index >= 15 is 0 Å². The standard InChI is InChI=1S/C29H31F3N4O2/c1-21-5-6-23(13-22-3-2-4-26(14-22)29(30,31)32)15-28(21)36-20-25(18-34-36)24-16-27(19-33-17-24)38-12-9-35-7-10-37-11-8-35/h2-6,14-15,17-20,24H,7-13,16H2,1H3. The lowest BCUT2D eigenvalue weighted by Crippen LogP contribution is -2.38. The fourth-order valence-corrected chi connectivity index (χ4v) is 4.75. The molecule has 1 fully saturated rings. The highest BCUT2D eigenvalue weighted by Gasteiger charge is 2.30. The molecule has 1 atom stereocenters. The molecule has 0 amide bonds. The monoisotopic (exact) mass is 524 g/mol. The molecular formula is C29H31F3N4O2. The normalized spacial score (nSPS) is 18.4. The van der Waals surface area contributed by atoms with Crippen LogP contribution in [0.25, 0.3) is 5.69 Å². The van der Waals surface area contributed by atoms with Gasteiger partial charge in [0.1, 0.15) is 12.4 Å². The molecule has 6 nitrogen and oxygen atoms in total. The van der Waals surface area contributed by atoms with Crippen LogP contribution in [0.15, 0.2) is 71.8 Å². The second kappa shape index (κ2) is 11.5. The Morgan fingerprint density at radius 1 is 1.08 bits per heavy atom. The number of halogens is 3. The number of nitrogens with zero attached hydrogens (tertiary/aromatic N) is 4. The molecule has 1 unspecified atom stereocenters. The van der Waals surface area contributed by atoms with Gasteiger partial charge in [0, 0.05) is 44.4 Å². The first-order valence-electron chi connectivity index (χ1n) is 12.8. The number of allylic oxidation sites excluding steroid dienone is 1. The van der Waals surface area contributed by atoms with Crippen LogP contribution in [0.1, 0.15) is 40.2 Å². The van der Waals surface area contributed by atoms with Crippen molar-refractivity contribution in [1.29, 1.82) is 0 Å². The van der Waals surface area contributed by atoms with Crippen LogP contribution in [0.5, 0.6) is 0 Å². The van der Waals surface area contributed by atoms with Gasteiger partial charge in [0.05, 0.1) is 36.9 Å². The fraction of sp³-hybridized carbons (Fsp3) is 0.379. The van der Waals surface area contributed by atoms with Crippen molar-refractivity contribution in [2.45, 2.75) is 31.9 Å². The van der Waals surface area contributed by atoms with E-state index in [1.165, 1.54) is 12.1 Å². The van der Waals surface area contributed by atoms with Crippen molar-refractivity contribution in [2.24, 2.45) is 4.99 Å². The predicted octanol–water partition coefficient (Wildman–Crippen LogP) is 5.54. The minimum Gasteiger partial charge on any atom is -0.495 e. The molecule has 2 aromatic carbocycles. The van der Waals surface area contributed by atoms with Crippen LogP contribution in [0.2, 0.25) is 0 Å². The van der Waals surface area contributed by atoms with Gasteiger partial charge in [-0.15, -0.1) is 0 Å². The van der Waals surface area contributed by atoms with Crippen LogP contribution in [0.4, 0.5) is 13.2 Å². The third kappa shape index (κ3) is 6.52. The number of morpholine rings is 1. The lowest BCUT2D eigenvalue weighted by molar-refractivity contribution is -0.137. The first-order valence-corrected chi connectivity index (χ1v) is 12.8. The summed E-state index contributed by atoms with van der Waals surface area (Å²) in [7, 11) is 0. The Morgan fingerprint density at radius 3 is 2.71 bits per heavy atom. The summed E-state index contributed by atoms with van der Waals surface area (Å²) in [5, 5.41) is 4.59. The van der Waals surface area contributed by atoms with Gasteiger partial charge in [0.25, 0.3) is 0 Å². The van der Waals surface area contributed by atoms with Crippen molar-refractivity contribution in [3.63, 3.8) is 0 Å². The highest BCUT2D eigenvalue weighted by atomic mass is 19.4. The Bertz CT molecular complexity index is 1310. The zero-order chi connectivity index (χ0) is 26.5. The second-order valence-electron chi connectivity index (χ2n) is 9.72. The van der Waals surface area contributed by atoms with Gasteiger partial charge in [-0.05, 0) is 47.7 Å². The third-order valence-electron chi connectivity index (χ3n) is 6.92. The van der Waals surface area contributed by atoms with Crippen molar-refractivity contribution in [1.82, 2.24) is 14.7 Å². The summed E-state index contributed by atoms with van der Waals surface area (Å²) in [6.45, 7) is 6.88. The molecule has 2 aliphatic heterocycles. The maximum absolute atomic E-state index is 13.1. The average molecular weight is 525 g/mol. The van der Waals surface area contributed by atoms with Gasteiger partial charge >= 0.3 is 6.18 Å². The molecule has 0 spiro atoms. The highest BCUT2D eigenvalue weighted by molar-refractivity contribution is 5.70. The number of alkyl halides is 3. The van der Waals surface area contributed by atoms with E-state index in [1.54, 1.807) is 12.3 Å². The number of ether oxygens (including phenoxy) is 2. The van der Waals surface area contributed by atoms with Gasteiger partial charge in [-0.2, -0.15) is 18.3 Å². The summed E-state index contributed by atoms with van der Waals surface area (Å²) in [6, 6.07) is 11.4. The number of benzene rings is 2. The Labute approximate surface area is 220 Å². The van der Waals surface area contributed by atoms with Gasteiger partial charge in [-0.1, -0.05) is 30.3 Å². The van der Waals surface area contributed by atoms with Crippen LogP contribution in [-0.4, -0.2) is 60.3 Å². The molecule has 0 saturated carbocycles. The van der Waals surface area contributed by atoms with Crippen LogP contribution in [0, 0.1) is 6.92 Å². The molecule has 1 aromatic heterocycles. The number of hydrogen-bond donors (Lipinski definition) is 0. The van der Waals surface area contributed by atoms with E-state index in [0.717, 1.165) is 67.1 Å². The summed E-state index contributed by atoms with van der Waals surface area (Å²) >= 11 is 0. The van der Waals surface area contributed by atoms with Crippen molar-refractivity contribution in [2.75, 3.05) is 39.5 Å².